The molecule has 1 atom stereocenters. The molecule has 1 N–H and O–H groups in total. The van der Waals surface area contributed by atoms with E-state index in [9.17, 15) is 0 Å². The maximum atomic E-state index is 3.58. The monoisotopic (exact) mass is 213 g/mol. The molecule has 0 aromatic rings. The van der Waals surface area contributed by atoms with Gasteiger partial charge in [-0.3, -0.25) is 6.08 Å². The summed E-state index contributed by atoms with van der Waals surface area (Å²) in [6.07, 6.45) is 3.58. The third-order valence-electron chi connectivity index (χ3n) is 3.39. The van der Waals surface area contributed by atoms with E-state index in [0.717, 1.165) is 6.54 Å². The third kappa shape index (κ3) is 3.52. The van der Waals surface area contributed by atoms with Crippen LogP contribution >= 0.6 is 0 Å². The van der Waals surface area contributed by atoms with Gasteiger partial charge < -0.3 is 5.32 Å². The minimum Gasteiger partial charge on any atom is -0.312 e. The van der Waals surface area contributed by atoms with Gasteiger partial charge in [0.05, 0.1) is 0 Å². The van der Waals surface area contributed by atoms with Crippen LogP contribution in [0.4, 0.5) is 0 Å². The van der Waals surface area contributed by atoms with Crippen molar-refractivity contribution in [2.45, 2.75) is 54.0 Å². The molecule has 0 saturated carbocycles. The number of hydrogen-bond acceptors (Lipinski definition) is 1. The van der Waals surface area contributed by atoms with Crippen molar-refractivity contribution in [1.82, 2.24) is 5.32 Å². The summed E-state index contributed by atoms with van der Waals surface area (Å²) in [4.78, 5) is 0. The first-order chi connectivity index (χ1) is 6.66. The zero-order chi connectivity index (χ0) is 11.9. The second-order valence-electron chi connectivity index (χ2n) is 5.94. The summed E-state index contributed by atoms with van der Waals surface area (Å²) in [6.45, 7) is 16.4. The fourth-order valence-electron chi connectivity index (χ4n) is 1.92. The van der Waals surface area contributed by atoms with Crippen molar-refractivity contribution < 1.29 is 18.9 Å². The summed E-state index contributed by atoms with van der Waals surface area (Å²) in [5.74, 6) is 0. The van der Waals surface area contributed by atoms with Crippen molar-refractivity contribution in [2.75, 3.05) is 6.54 Å². The largest absolute Gasteiger partial charge is 1.00 e. The SMILES string of the molecule is CC1=[C-]C(C)(CNC(C)(C)C)C(C)=C1C.[Li+]. The van der Waals surface area contributed by atoms with Crippen molar-refractivity contribution in [3.05, 3.63) is 22.8 Å². The molecule has 0 spiro atoms. The van der Waals surface area contributed by atoms with Gasteiger partial charge >= 0.3 is 18.9 Å². The average Bonchev–Trinajstić information content (AvgIpc) is 2.27. The van der Waals surface area contributed by atoms with Gasteiger partial charge in [0.2, 0.25) is 0 Å². The van der Waals surface area contributed by atoms with Crippen LogP contribution in [0, 0.1) is 11.5 Å². The maximum Gasteiger partial charge on any atom is 1.00 e. The Morgan fingerprint density at radius 2 is 1.69 bits per heavy atom. The van der Waals surface area contributed by atoms with Crippen molar-refractivity contribution in [3.63, 3.8) is 0 Å². The second kappa shape index (κ2) is 5.13. The fraction of sp³-hybridized carbons (Fsp3) is 0.714. The van der Waals surface area contributed by atoms with E-state index in [1.165, 1.54) is 16.7 Å². The van der Waals surface area contributed by atoms with Gasteiger partial charge in [0.15, 0.2) is 0 Å². The van der Waals surface area contributed by atoms with Crippen LogP contribution in [0.1, 0.15) is 48.5 Å². The third-order valence-corrected chi connectivity index (χ3v) is 3.39. The van der Waals surface area contributed by atoms with E-state index in [4.69, 9.17) is 0 Å². The van der Waals surface area contributed by atoms with Gasteiger partial charge in [-0.15, -0.1) is 6.92 Å². The Bertz CT molecular complexity index is 320. The summed E-state index contributed by atoms with van der Waals surface area (Å²) in [5, 5.41) is 3.57. The first-order valence-electron chi connectivity index (χ1n) is 5.71. The van der Waals surface area contributed by atoms with E-state index < -0.39 is 0 Å². The van der Waals surface area contributed by atoms with Gasteiger partial charge in [-0.05, 0) is 27.3 Å². The summed E-state index contributed by atoms with van der Waals surface area (Å²) in [5.41, 5.74) is 4.44. The molecule has 0 aliphatic heterocycles. The zero-order valence-corrected chi connectivity index (χ0v) is 12.2. The molecule has 1 unspecified atom stereocenters. The van der Waals surface area contributed by atoms with E-state index in [-0.39, 0.29) is 29.8 Å². The molecule has 0 bridgehead atoms. The van der Waals surface area contributed by atoms with Crippen molar-refractivity contribution in [2.24, 2.45) is 5.41 Å². The van der Waals surface area contributed by atoms with Crippen LogP contribution in [0.2, 0.25) is 0 Å². The Balaban J connectivity index is 0.00000225. The second-order valence-corrected chi connectivity index (χ2v) is 5.94. The molecule has 16 heavy (non-hydrogen) atoms. The molecule has 0 saturated heterocycles. The molecule has 0 aromatic heterocycles. The Kier molecular flexibility index (Phi) is 5.14. The molecular formula is C14H24LiN. The Labute approximate surface area is 113 Å². The van der Waals surface area contributed by atoms with Gasteiger partial charge in [-0.2, -0.15) is 11.1 Å². The molecule has 0 heterocycles. The van der Waals surface area contributed by atoms with E-state index >= 15 is 0 Å². The first-order valence-corrected chi connectivity index (χ1v) is 5.71. The molecule has 86 valence electrons. The molecule has 1 rings (SSSR count). The minimum absolute atomic E-state index is 0. The van der Waals surface area contributed by atoms with Crippen LogP contribution in [0.5, 0.6) is 0 Å². The number of nitrogens with one attached hydrogen (secondary N) is 1. The van der Waals surface area contributed by atoms with Gasteiger partial charge in [0.1, 0.15) is 0 Å². The zero-order valence-electron chi connectivity index (χ0n) is 12.2. The van der Waals surface area contributed by atoms with Gasteiger partial charge in [-0.25, -0.2) is 5.57 Å². The van der Waals surface area contributed by atoms with Crippen molar-refractivity contribution in [3.8, 4) is 0 Å². The molecule has 1 nitrogen and oxygen atoms in total. The van der Waals surface area contributed by atoms with Crippen LogP contribution in [0.15, 0.2) is 16.7 Å². The van der Waals surface area contributed by atoms with Crippen LogP contribution < -0.4 is 24.2 Å². The standard InChI is InChI=1S/C14H24N.Li/c1-10-8-14(7,12(3)11(10)2)9-15-13(4,5)6;/h15H,9H2,1-7H3;/q-1;+1. The number of allylic oxidation sites excluding steroid dienone is 2. The molecule has 0 fully saturated rings. The Morgan fingerprint density at radius 3 is 2.00 bits per heavy atom. The first kappa shape index (κ1) is 16.0. The molecule has 1 aliphatic carbocycles. The number of hydrogen-bond donors (Lipinski definition) is 1. The summed E-state index contributed by atoms with van der Waals surface area (Å²) >= 11 is 0. The fourth-order valence-corrected chi connectivity index (χ4v) is 1.92. The molecule has 2 heteroatoms. The van der Waals surface area contributed by atoms with E-state index in [0.29, 0.717) is 0 Å². The minimum atomic E-state index is 0. The predicted molar refractivity (Wildman–Crippen MR) is 66.7 cm³/mol. The van der Waals surface area contributed by atoms with Crippen LogP contribution in [-0.2, 0) is 0 Å². The summed E-state index contributed by atoms with van der Waals surface area (Å²) in [7, 11) is 0. The van der Waals surface area contributed by atoms with Crippen LogP contribution in [0.3, 0.4) is 0 Å². The molecule has 0 radical (unpaired) electrons. The van der Waals surface area contributed by atoms with E-state index in [1.807, 2.05) is 0 Å². The average molecular weight is 213 g/mol. The van der Waals surface area contributed by atoms with Crippen molar-refractivity contribution in [1.29, 1.82) is 0 Å². The van der Waals surface area contributed by atoms with Crippen LogP contribution in [-0.4, -0.2) is 12.1 Å². The summed E-state index contributed by atoms with van der Waals surface area (Å²) in [6, 6.07) is 0. The maximum absolute atomic E-state index is 3.58. The smallest absolute Gasteiger partial charge is 0.312 e. The van der Waals surface area contributed by atoms with Crippen LogP contribution in [0.25, 0.3) is 0 Å². The molecule has 1 aliphatic rings. The van der Waals surface area contributed by atoms with E-state index in [1.54, 1.807) is 0 Å². The quantitative estimate of drug-likeness (QED) is 0.520. The molecule has 0 aromatic carbocycles. The van der Waals surface area contributed by atoms with E-state index in [2.05, 4.69) is 59.9 Å². The van der Waals surface area contributed by atoms with Gasteiger partial charge in [0.25, 0.3) is 0 Å². The molecule has 0 amide bonds. The summed E-state index contributed by atoms with van der Waals surface area (Å²) < 4.78 is 0. The van der Waals surface area contributed by atoms with Gasteiger partial charge in [-0.1, -0.05) is 26.2 Å². The normalized spacial score (nSPS) is 25.6. The number of rotatable bonds is 2. The van der Waals surface area contributed by atoms with Crippen molar-refractivity contribution >= 4 is 0 Å². The Morgan fingerprint density at radius 1 is 1.19 bits per heavy atom. The predicted octanol–water partition coefficient (Wildman–Crippen LogP) is 0.484. The van der Waals surface area contributed by atoms with Gasteiger partial charge in [0, 0.05) is 5.54 Å². The molecular weight excluding hydrogens is 189 g/mol. The Hall–Kier alpha value is 0.0374. The topological polar surface area (TPSA) is 12.0 Å².